The van der Waals surface area contributed by atoms with Crippen LogP contribution >= 0.6 is 0 Å². The zero-order valence-corrected chi connectivity index (χ0v) is 11.5. The Morgan fingerprint density at radius 3 is 2.79 bits per heavy atom. The summed E-state index contributed by atoms with van der Waals surface area (Å²) < 4.78 is 30.0. The zero-order valence-electron chi connectivity index (χ0n) is 10.7. The van der Waals surface area contributed by atoms with Crippen molar-refractivity contribution in [3.8, 4) is 0 Å². The van der Waals surface area contributed by atoms with Crippen LogP contribution in [0.3, 0.4) is 0 Å². The van der Waals surface area contributed by atoms with Gasteiger partial charge in [-0.15, -0.1) is 0 Å². The number of fused-ring (bicyclic) bond motifs is 1. The van der Waals surface area contributed by atoms with E-state index >= 15 is 0 Å². The highest BCUT2D eigenvalue weighted by molar-refractivity contribution is 7.91. The number of nitrogens with two attached hydrogens (primary N) is 1. The minimum Gasteiger partial charge on any atom is -0.396 e. The van der Waals surface area contributed by atoms with Crippen molar-refractivity contribution >= 4 is 9.84 Å². The van der Waals surface area contributed by atoms with E-state index in [-0.39, 0.29) is 18.9 Å². The number of aliphatic hydroxyl groups excluding tert-OH is 1. The monoisotopic (exact) mass is 285 g/mol. The number of ether oxygens (including phenoxy) is 1. The van der Waals surface area contributed by atoms with E-state index in [1.165, 1.54) is 0 Å². The molecule has 106 valence electrons. The Bertz CT molecular complexity index is 543. The average molecular weight is 285 g/mol. The van der Waals surface area contributed by atoms with Gasteiger partial charge in [-0.25, -0.2) is 8.42 Å². The van der Waals surface area contributed by atoms with Gasteiger partial charge in [0.15, 0.2) is 9.84 Å². The fraction of sp³-hybridized carbons (Fsp3) is 0.538. The Labute approximate surface area is 113 Å². The second-order valence-corrected chi connectivity index (χ2v) is 6.77. The molecule has 1 unspecified atom stereocenters. The number of aliphatic hydroxyl groups is 1. The van der Waals surface area contributed by atoms with Crippen LogP contribution in [0.1, 0.15) is 18.4 Å². The van der Waals surface area contributed by atoms with Crippen LogP contribution < -0.4 is 5.73 Å². The van der Waals surface area contributed by atoms with Crippen molar-refractivity contribution in [2.75, 3.05) is 25.5 Å². The van der Waals surface area contributed by atoms with Crippen molar-refractivity contribution in [1.82, 2.24) is 0 Å². The molecule has 3 N–H and O–H groups in total. The minimum atomic E-state index is -3.24. The van der Waals surface area contributed by atoms with E-state index in [1.807, 2.05) is 0 Å². The Kier molecular flexibility index (Phi) is 4.25. The first-order chi connectivity index (χ1) is 9.06. The van der Waals surface area contributed by atoms with E-state index in [9.17, 15) is 8.42 Å². The molecule has 1 atom stereocenters. The third-order valence-electron chi connectivity index (χ3n) is 3.50. The van der Waals surface area contributed by atoms with Crippen LogP contribution in [0.2, 0.25) is 0 Å². The summed E-state index contributed by atoms with van der Waals surface area (Å²) in [7, 11) is -3.24. The standard InChI is InChI=1S/C13H19NO4S/c14-10-13(18-8-3-7-15)6-9-19(16,17)12-5-2-1-4-11(12)13/h1-2,4-5,15H,3,6-10,14H2. The van der Waals surface area contributed by atoms with Crippen molar-refractivity contribution in [3.63, 3.8) is 0 Å². The molecule has 0 bridgehead atoms. The van der Waals surface area contributed by atoms with Crippen molar-refractivity contribution in [1.29, 1.82) is 0 Å². The molecular formula is C13H19NO4S. The molecule has 19 heavy (non-hydrogen) atoms. The SMILES string of the molecule is NCC1(OCCCO)CCS(=O)(=O)c2ccccc21. The lowest BCUT2D eigenvalue weighted by Gasteiger charge is -2.37. The van der Waals surface area contributed by atoms with E-state index in [4.69, 9.17) is 15.6 Å². The molecule has 1 aromatic carbocycles. The van der Waals surface area contributed by atoms with Crippen LogP contribution in [-0.2, 0) is 20.2 Å². The molecule has 6 heteroatoms. The minimum absolute atomic E-state index is 0.0420. The molecule has 0 aliphatic carbocycles. The van der Waals surface area contributed by atoms with E-state index < -0.39 is 15.4 Å². The van der Waals surface area contributed by atoms with E-state index in [0.717, 1.165) is 0 Å². The quantitative estimate of drug-likeness (QED) is 0.765. The van der Waals surface area contributed by atoms with Crippen molar-refractivity contribution < 1.29 is 18.3 Å². The van der Waals surface area contributed by atoms with Crippen LogP contribution in [-0.4, -0.2) is 39.0 Å². The van der Waals surface area contributed by atoms with Gasteiger partial charge >= 0.3 is 0 Å². The number of sulfone groups is 1. The van der Waals surface area contributed by atoms with Crippen molar-refractivity contribution in [2.45, 2.75) is 23.3 Å². The highest BCUT2D eigenvalue weighted by Gasteiger charge is 2.41. The van der Waals surface area contributed by atoms with Crippen LogP contribution in [0.15, 0.2) is 29.2 Å². The van der Waals surface area contributed by atoms with Gasteiger partial charge in [-0.1, -0.05) is 18.2 Å². The van der Waals surface area contributed by atoms with Crippen molar-refractivity contribution in [3.05, 3.63) is 29.8 Å². The maximum absolute atomic E-state index is 12.1. The van der Waals surface area contributed by atoms with Gasteiger partial charge in [0.05, 0.1) is 17.3 Å². The van der Waals surface area contributed by atoms with E-state index in [0.29, 0.717) is 29.9 Å². The summed E-state index contributed by atoms with van der Waals surface area (Å²) in [5.74, 6) is 0.0420. The number of hydrogen-bond donors (Lipinski definition) is 2. The van der Waals surface area contributed by atoms with Gasteiger partial charge in [-0.3, -0.25) is 0 Å². The van der Waals surface area contributed by atoms with Gasteiger partial charge in [0, 0.05) is 18.7 Å². The Morgan fingerprint density at radius 1 is 1.37 bits per heavy atom. The highest BCUT2D eigenvalue weighted by Crippen LogP contribution is 2.39. The topological polar surface area (TPSA) is 89.6 Å². The predicted molar refractivity (Wildman–Crippen MR) is 71.5 cm³/mol. The van der Waals surface area contributed by atoms with Crippen molar-refractivity contribution in [2.24, 2.45) is 5.73 Å². The number of rotatable bonds is 5. The molecule has 0 saturated heterocycles. The van der Waals surface area contributed by atoms with Gasteiger partial charge < -0.3 is 15.6 Å². The normalized spacial score (nSPS) is 24.9. The van der Waals surface area contributed by atoms with Gasteiger partial charge in [0.2, 0.25) is 0 Å². The largest absolute Gasteiger partial charge is 0.396 e. The lowest BCUT2D eigenvalue weighted by atomic mass is 9.90. The Morgan fingerprint density at radius 2 is 2.11 bits per heavy atom. The molecule has 1 aliphatic rings. The maximum Gasteiger partial charge on any atom is 0.178 e. The second kappa shape index (κ2) is 5.58. The molecule has 0 fully saturated rings. The van der Waals surface area contributed by atoms with Crippen LogP contribution in [0.5, 0.6) is 0 Å². The second-order valence-electron chi connectivity index (χ2n) is 4.69. The predicted octanol–water partition coefficient (Wildman–Crippen LogP) is 0.417. The first-order valence-corrected chi connectivity index (χ1v) is 7.98. The van der Waals surface area contributed by atoms with Crippen LogP contribution in [0.4, 0.5) is 0 Å². The third kappa shape index (κ3) is 2.67. The Balaban J connectivity index is 2.41. The van der Waals surface area contributed by atoms with Crippen LogP contribution in [0.25, 0.3) is 0 Å². The van der Waals surface area contributed by atoms with Crippen LogP contribution in [0, 0.1) is 0 Å². The lowest BCUT2D eigenvalue weighted by molar-refractivity contribution is -0.0539. The molecule has 0 spiro atoms. The molecule has 2 rings (SSSR count). The van der Waals surface area contributed by atoms with Gasteiger partial charge in [-0.2, -0.15) is 0 Å². The molecule has 5 nitrogen and oxygen atoms in total. The first-order valence-electron chi connectivity index (χ1n) is 6.33. The molecule has 0 radical (unpaired) electrons. The van der Waals surface area contributed by atoms with Gasteiger partial charge in [-0.05, 0) is 18.9 Å². The molecule has 0 saturated carbocycles. The van der Waals surface area contributed by atoms with Gasteiger partial charge in [0.25, 0.3) is 0 Å². The lowest BCUT2D eigenvalue weighted by Crippen LogP contribution is -2.44. The Hall–Kier alpha value is -0.950. The highest BCUT2D eigenvalue weighted by atomic mass is 32.2. The summed E-state index contributed by atoms with van der Waals surface area (Å²) in [5.41, 5.74) is 5.73. The summed E-state index contributed by atoms with van der Waals surface area (Å²) in [6, 6.07) is 6.86. The molecule has 1 aromatic rings. The zero-order chi connectivity index (χ0) is 13.9. The fourth-order valence-corrected chi connectivity index (χ4v) is 4.10. The average Bonchev–Trinajstić information content (AvgIpc) is 2.42. The molecule has 1 heterocycles. The first kappa shape index (κ1) is 14.5. The molecular weight excluding hydrogens is 266 g/mol. The van der Waals surface area contributed by atoms with E-state index in [1.54, 1.807) is 24.3 Å². The molecule has 0 amide bonds. The number of benzene rings is 1. The maximum atomic E-state index is 12.1. The molecule has 1 aliphatic heterocycles. The van der Waals surface area contributed by atoms with Gasteiger partial charge in [0.1, 0.15) is 5.60 Å². The van der Waals surface area contributed by atoms with E-state index in [2.05, 4.69) is 0 Å². The third-order valence-corrected chi connectivity index (χ3v) is 5.27. The molecule has 0 aromatic heterocycles. The number of hydrogen-bond acceptors (Lipinski definition) is 5. The summed E-state index contributed by atoms with van der Waals surface area (Å²) in [6.45, 7) is 0.633. The summed E-state index contributed by atoms with van der Waals surface area (Å²) >= 11 is 0. The fourth-order valence-electron chi connectivity index (χ4n) is 2.41. The summed E-state index contributed by atoms with van der Waals surface area (Å²) in [6.07, 6.45) is 0.866. The summed E-state index contributed by atoms with van der Waals surface area (Å²) in [5, 5.41) is 8.82. The smallest absolute Gasteiger partial charge is 0.178 e. The summed E-state index contributed by atoms with van der Waals surface area (Å²) in [4.78, 5) is 0.315.